The second-order valence-corrected chi connectivity index (χ2v) is 7.25. The molecule has 0 aliphatic carbocycles. The Hall–Kier alpha value is -4.58. The molecular weight excluding hydrogens is 436 g/mol. The number of hydrogen-bond donors (Lipinski definition) is 2. The monoisotopic (exact) mass is 460 g/mol. The summed E-state index contributed by atoms with van der Waals surface area (Å²) in [4.78, 5) is 39.7. The van der Waals surface area contributed by atoms with Crippen LogP contribution in [0.4, 0.5) is 5.69 Å². The number of nitrogens with two attached hydrogens (primary N) is 1. The highest BCUT2D eigenvalue weighted by Crippen LogP contribution is 2.43. The van der Waals surface area contributed by atoms with Gasteiger partial charge in [-0.15, -0.1) is 0 Å². The first kappa shape index (κ1) is 24.1. The van der Waals surface area contributed by atoms with E-state index in [1.54, 1.807) is 55.5 Å². The van der Waals surface area contributed by atoms with Crippen molar-refractivity contribution in [1.82, 2.24) is 5.32 Å². The molecule has 1 aliphatic heterocycles. The van der Waals surface area contributed by atoms with E-state index in [2.05, 4.69) is 11.4 Å². The van der Waals surface area contributed by atoms with Gasteiger partial charge >= 0.3 is 11.9 Å². The van der Waals surface area contributed by atoms with E-state index in [0.29, 0.717) is 23.4 Å². The number of allylic oxidation sites excluding steroid dienone is 1. The van der Waals surface area contributed by atoms with Crippen LogP contribution in [0, 0.1) is 11.3 Å². The number of nitriles is 1. The Bertz CT molecular complexity index is 1230. The summed E-state index contributed by atoms with van der Waals surface area (Å²) in [6, 6.07) is 17.1. The number of rotatable bonds is 6. The van der Waals surface area contributed by atoms with Gasteiger partial charge in [0.1, 0.15) is 11.5 Å². The van der Waals surface area contributed by atoms with Gasteiger partial charge in [-0.3, -0.25) is 9.69 Å². The molecule has 0 saturated carbocycles. The first-order valence-corrected chi connectivity index (χ1v) is 10.4. The van der Waals surface area contributed by atoms with E-state index in [-0.39, 0.29) is 28.6 Å². The summed E-state index contributed by atoms with van der Waals surface area (Å²) >= 11 is 0. The molecule has 0 aromatic heterocycles. The summed E-state index contributed by atoms with van der Waals surface area (Å²) in [7, 11) is 2.35. The Balaban J connectivity index is 2.36. The molecule has 3 N–H and O–H groups in total. The Morgan fingerprint density at radius 3 is 2.32 bits per heavy atom. The average molecular weight is 460 g/mol. The molecule has 1 amide bonds. The van der Waals surface area contributed by atoms with Crippen LogP contribution in [-0.4, -0.2) is 38.6 Å². The molecule has 1 aliphatic rings. The van der Waals surface area contributed by atoms with E-state index in [1.807, 2.05) is 0 Å². The van der Waals surface area contributed by atoms with Crippen LogP contribution in [0.25, 0.3) is 0 Å². The van der Waals surface area contributed by atoms with Gasteiger partial charge in [-0.25, -0.2) is 9.59 Å². The summed E-state index contributed by atoms with van der Waals surface area (Å²) in [6.45, 7) is 2.21. The van der Waals surface area contributed by atoms with Gasteiger partial charge in [0, 0.05) is 17.8 Å². The lowest BCUT2D eigenvalue weighted by molar-refractivity contribution is -0.139. The molecule has 2 aromatic rings. The zero-order valence-electron chi connectivity index (χ0n) is 19.0. The zero-order valence-corrected chi connectivity index (χ0v) is 19.0. The number of hydrogen-bond acceptors (Lipinski definition) is 8. The predicted octanol–water partition coefficient (Wildman–Crippen LogP) is 2.33. The Morgan fingerprint density at radius 2 is 1.74 bits per heavy atom. The molecular formula is C25H24N4O5. The maximum atomic E-state index is 13.1. The first-order valence-electron chi connectivity index (χ1n) is 10.4. The number of benzene rings is 2. The molecule has 0 radical (unpaired) electrons. The fraction of sp³-hybridized carbons (Fsp3) is 0.200. The number of ether oxygens (including phenoxy) is 2. The minimum Gasteiger partial charge on any atom is -0.466 e. The highest BCUT2D eigenvalue weighted by molar-refractivity contribution is 6.06. The Morgan fingerprint density at radius 1 is 1.06 bits per heavy atom. The fourth-order valence-corrected chi connectivity index (χ4v) is 3.83. The second-order valence-electron chi connectivity index (χ2n) is 7.25. The van der Waals surface area contributed by atoms with Gasteiger partial charge in [-0.1, -0.05) is 36.4 Å². The fourth-order valence-electron chi connectivity index (χ4n) is 3.83. The molecule has 2 aromatic carbocycles. The van der Waals surface area contributed by atoms with Gasteiger partial charge in [-0.05, 0) is 30.7 Å². The Labute approximate surface area is 197 Å². The standard InChI is InChI=1S/C25H24N4O5/c1-4-28-23(30)16-11-8-12-17(13-16)29-21(25(32)34-3)20(24(31)33-2)19(18(14-26)22(29)27)15-9-6-5-7-10-15/h5-13,19H,4,27H2,1-3H3,(H,28,30). The lowest BCUT2D eigenvalue weighted by atomic mass is 9.81. The minimum absolute atomic E-state index is 0.0441. The molecule has 0 saturated heterocycles. The van der Waals surface area contributed by atoms with E-state index in [1.165, 1.54) is 25.2 Å². The SMILES string of the molecule is CCNC(=O)c1cccc(N2C(N)=C(C#N)C(c3ccccc3)C(C(=O)OC)=C2C(=O)OC)c1. The zero-order chi connectivity index (χ0) is 24.8. The van der Waals surface area contributed by atoms with E-state index in [9.17, 15) is 19.6 Å². The maximum Gasteiger partial charge on any atom is 0.355 e. The van der Waals surface area contributed by atoms with Gasteiger partial charge in [0.2, 0.25) is 0 Å². The summed E-state index contributed by atoms with van der Waals surface area (Å²) < 4.78 is 10.0. The molecule has 0 fully saturated rings. The van der Waals surface area contributed by atoms with Gasteiger partial charge < -0.3 is 20.5 Å². The second kappa shape index (κ2) is 10.4. The number of amides is 1. The summed E-state index contributed by atoms with van der Waals surface area (Å²) in [6.07, 6.45) is 0. The number of methoxy groups -OCH3 is 2. The largest absolute Gasteiger partial charge is 0.466 e. The molecule has 9 heteroatoms. The normalized spacial score (nSPS) is 15.5. The number of carbonyl (C=O) groups is 3. The van der Waals surface area contributed by atoms with Crippen molar-refractivity contribution in [3.63, 3.8) is 0 Å². The van der Waals surface area contributed by atoms with Crippen molar-refractivity contribution >= 4 is 23.5 Å². The minimum atomic E-state index is -0.962. The highest BCUT2D eigenvalue weighted by atomic mass is 16.5. The van der Waals surface area contributed by atoms with Crippen LogP contribution in [0.2, 0.25) is 0 Å². The third-order valence-corrected chi connectivity index (χ3v) is 5.31. The lowest BCUT2D eigenvalue weighted by Crippen LogP contribution is -2.40. The van der Waals surface area contributed by atoms with Crippen LogP contribution >= 0.6 is 0 Å². The van der Waals surface area contributed by atoms with Crippen molar-refractivity contribution in [2.24, 2.45) is 5.73 Å². The van der Waals surface area contributed by atoms with Gasteiger partial charge in [0.25, 0.3) is 5.91 Å². The summed E-state index contributed by atoms with van der Waals surface area (Å²) in [5.41, 5.74) is 7.36. The van der Waals surface area contributed by atoms with Crippen LogP contribution in [0.1, 0.15) is 28.8 Å². The molecule has 174 valence electrons. The van der Waals surface area contributed by atoms with E-state index < -0.39 is 17.9 Å². The quantitative estimate of drug-likeness (QED) is 0.627. The van der Waals surface area contributed by atoms with E-state index in [4.69, 9.17) is 15.2 Å². The molecule has 3 rings (SSSR count). The van der Waals surface area contributed by atoms with Crippen molar-refractivity contribution < 1.29 is 23.9 Å². The molecule has 34 heavy (non-hydrogen) atoms. The predicted molar refractivity (Wildman–Crippen MR) is 124 cm³/mol. The van der Waals surface area contributed by atoms with Crippen molar-refractivity contribution in [3.8, 4) is 6.07 Å². The van der Waals surface area contributed by atoms with Gasteiger partial charge in [0.05, 0.1) is 37.4 Å². The van der Waals surface area contributed by atoms with Crippen LogP contribution < -0.4 is 16.0 Å². The summed E-state index contributed by atoms with van der Waals surface area (Å²) in [5, 5.41) is 12.8. The smallest absolute Gasteiger partial charge is 0.355 e. The van der Waals surface area contributed by atoms with Crippen LogP contribution in [-0.2, 0) is 19.1 Å². The highest BCUT2D eigenvalue weighted by Gasteiger charge is 2.43. The maximum absolute atomic E-state index is 13.1. The molecule has 0 bridgehead atoms. The van der Waals surface area contributed by atoms with Gasteiger partial charge in [-0.2, -0.15) is 5.26 Å². The van der Waals surface area contributed by atoms with Crippen molar-refractivity contribution in [2.75, 3.05) is 25.7 Å². The first-order chi connectivity index (χ1) is 16.4. The van der Waals surface area contributed by atoms with Crippen molar-refractivity contribution in [3.05, 3.63) is 88.4 Å². The van der Waals surface area contributed by atoms with Crippen molar-refractivity contribution in [2.45, 2.75) is 12.8 Å². The Kier molecular flexibility index (Phi) is 7.33. The molecule has 1 atom stereocenters. The third-order valence-electron chi connectivity index (χ3n) is 5.31. The number of esters is 2. The number of anilines is 1. The van der Waals surface area contributed by atoms with Crippen molar-refractivity contribution in [1.29, 1.82) is 5.26 Å². The molecule has 0 spiro atoms. The van der Waals surface area contributed by atoms with Gasteiger partial charge in [0.15, 0.2) is 0 Å². The van der Waals surface area contributed by atoms with E-state index >= 15 is 0 Å². The van der Waals surface area contributed by atoms with Crippen LogP contribution in [0.5, 0.6) is 0 Å². The number of carbonyl (C=O) groups excluding carboxylic acids is 3. The average Bonchev–Trinajstić information content (AvgIpc) is 2.87. The third kappa shape index (κ3) is 4.34. The number of nitrogens with one attached hydrogen (secondary N) is 1. The lowest BCUT2D eigenvalue weighted by Gasteiger charge is -2.36. The number of nitrogens with zero attached hydrogens (tertiary/aromatic N) is 2. The molecule has 1 unspecified atom stereocenters. The van der Waals surface area contributed by atoms with Crippen LogP contribution in [0.3, 0.4) is 0 Å². The molecule has 9 nitrogen and oxygen atoms in total. The summed E-state index contributed by atoms with van der Waals surface area (Å²) in [5.74, 6) is -3.04. The van der Waals surface area contributed by atoms with Crippen LogP contribution in [0.15, 0.2) is 77.3 Å². The topological polar surface area (TPSA) is 135 Å². The van der Waals surface area contributed by atoms with E-state index in [0.717, 1.165) is 0 Å². The molecule has 1 heterocycles.